The highest BCUT2D eigenvalue weighted by molar-refractivity contribution is 9.11. The number of aliphatic hydroxyl groups is 1. The van der Waals surface area contributed by atoms with Crippen LogP contribution in [-0.2, 0) is 0 Å². The minimum atomic E-state index is -0.548. The predicted octanol–water partition coefficient (Wildman–Crippen LogP) is 3.17. The van der Waals surface area contributed by atoms with E-state index in [1.165, 1.54) is 11.3 Å². The van der Waals surface area contributed by atoms with Gasteiger partial charge >= 0.3 is 0 Å². The Kier molecular flexibility index (Phi) is 3.37. The molecule has 0 spiro atoms. The SMILES string of the molecule is CC(Cl)C(O)c1ccc(Br)s1. The standard InChI is InChI=1S/C7H8BrClOS/c1-4(9)7(10)5-2-3-6(8)11-5/h2-4,7,10H,1H3. The van der Waals surface area contributed by atoms with Crippen LogP contribution in [0, 0.1) is 0 Å². The van der Waals surface area contributed by atoms with Crippen LogP contribution in [0.4, 0.5) is 0 Å². The molecular formula is C7H8BrClOS. The molecule has 0 aromatic carbocycles. The lowest BCUT2D eigenvalue weighted by molar-refractivity contribution is 0.181. The van der Waals surface area contributed by atoms with Gasteiger partial charge < -0.3 is 5.11 Å². The molecule has 1 N–H and O–H groups in total. The Morgan fingerprint density at radius 1 is 1.64 bits per heavy atom. The Bertz CT molecular complexity index is 236. The Labute approximate surface area is 83.1 Å². The number of rotatable bonds is 2. The fraction of sp³-hybridized carbons (Fsp3) is 0.429. The molecule has 2 atom stereocenters. The van der Waals surface area contributed by atoms with Crippen LogP contribution in [0.25, 0.3) is 0 Å². The van der Waals surface area contributed by atoms with Crippen LogP contribution in [0.1, 0.15) is 17.9 Å². The molecule has 0 aliphatic rings. The van der Waals surface area contributed by atoms with Crippen molar-refractivity contribution in [3.05, 3.63) is 20.8 Å². The molecule has 0 amide bonds. The van der Waals surface area contributed by atoms with Gasteiger partial charge in [0.15, 0.2) is 0 Å². The van der Waals surface area contributed by atoms with E-state index in [0.717, 1.165) is 8.66 Å². The molecule has 1 nitrogen and oxygen atoms in total. The fourth-order valence-corrected chi connectivity index (χ4v) is 2.44. The summed E-state index contributed by atoms with van der Waals surface area (Å²) in [4.78, 5) is 0.902. The fourth-order valence-electron chi connectivity index (χ4n) is 0.714. The van der Waals surface area contributed by atoms with Crippen molar-refractivity contribution in [1.82, 2.24) is 0 Å². The summed E-state index contributed by atoms with van der Waals surface area (Å²) in [6.45, 7) is 1.78. The summed E-state index contributed by atoms with van der Waals surface area (Å²) in [7, 11) is 0. The van der Waals surface area contributed by atoms with E-state index >= 15 is 0 Å². The molecule has 1 rings (SSSR count). The van der Waals surface area contributed by atoms with Crippen molar-refractivity contribution in [3.8, 4) is 0 Å². The average molecular weight is 256 g/mol. The highest BCUT2D eigenvalue weighted by Crippen LogP contribution is 2.30. The molecule has 1 aromatic heterocycles. The van der Waals surface area contributed by atoms with Gasteiger partial charge in [0.2, 0.25) is 0 Å². The molecule has 0 saturated heterocycles. The molecule has 11 heavy (non-hydrogen) atoms. The zero-order valence-corrected chi connectivity index (χ0v) is 9.08. The van der Waals surface area contributed by atoms with Gasteiger partial charge in [-0.15, -0.1) is 22.9 Å². The van der Waals surface area contributed by atoms with E-state index in [1.54, 1.807) is 6.92 Å². The van der Waals surface area contributed by atoms with Crippen molar-refractivity contribution in [2.24, 2.45) is 0 Å². The van der Waals surface area contributed by atoms with Crippen LogP contribution < -0.4 is 0 Å². The molecule has 0 radical (unpaired) electrons. The largest absolute Gasteiger partial charge is 0.386 e. The van der Waals surface area contributed by atoms with Crippen LogP contribution in [-0.4, -0.2) is 10.5 Å². The lowest BCUT2D eigenvalue weighted by Gasteiger charge is -2.09. The second-order valence-corrected chi connectivity index (χ2v) is 5.45. The van der Waals surface area contributed by atoms with Gasteiger partial charge in [-0.2, -0.15) is 0 Å². The predicted molar refractivity (Wildman–Crippen MR) is 52.3 cm³/mol. The first-order valence-corrected chi connectivity index (χ1v) is 5.23. The third-order valence-corrected chi connectivity index (χ3v) is 3.25. The maximum absolute atomic E-state index is 9.47. The topological polar surface area (TPSA) is 20.2 Å². The first-order valence-electron chi connectivity index (χ1n) is 3.18. The van der Waals surface area contributed by atoms with Crippen LogP contribution in [0.2, 0.25) is 0 Å². The molecule has 0 aliphatic carbocycles. The maximum atomic E-state index is 9.47. The van der Waals surface area contributed by atoms with Gasteiger partial charge in [0.25, 0.3) is 0 Å². The lowest BCUT2D eigenvalue weighted by atomic mass is 10.2. The summed E-state index contributed by atoms with van der Waals surface area (Å²) in [5, 5.41) is 9.23. The van der Waals surface area contributed by atoms with E-state index in [9.17, 15) is 5.11 Å². The molecule has 2 unspecified atom stereocenters. The summed E-state index contributed by atoms with van der Waals surface area (Å²) < 4.78 is 1.02. The number of thiophene rings is 1. The van der Waals surface area contributed by atoms with E-state index in [-0.39, 0.29) is 5.38 Å². The van der Waals surface area contributed by atoms with Gasteiger partial charge in [0.05, 0.1) is 9.16 Å². The quantitative estimate of drug-likeness (QED) is 0.805. The highest BCUT2D eigenvalue weighted by Gasteiger charge is 2.15. The molecule has 1 heterocycles. The first kappa shape index (κ1) is 9.52. The van der Waals surface area contributed by atoms with E-state index in [1.807, 2.05) is 12.1 Å². The van der Waals surface area contributed by atoms with Crippen LogP contribution in [0.15, 0.2) is 15.9 Å². The summed E-state index contributed by atoms with van der Waals surface area (Å²) in [5.41, 5.74) is 0. The summed E-state index contributed by atoms with van der Waals surface area (Å²) >= 11 is 10.5. The van der Waals surface area contributed by atoms with Crippen LogP contribution in [0.3, 0.4) is 0 Å². The second kappa shape index (κ2) is 3.90. The maximum Gasteiger partial charge on any atom is 0.104 e. The molecule has 0 fully saturated rings. The second-order valence-electron chi connectivity index (χ2n) is 2.26. The van der Waals surface area contributed by atoms with Gasteiger partial charge in [0, 0.05) is 4.88 Å². The lowest BCUT2D eigenvalue weighted by Crippen LogP contribution is -2.05. The normalized spacial score (nSPS) is 16.4. The minimum Gasteiger partial charge on any atom is -0.386 e. The Balaban J connectivity index is 2.76. The van der Waals surface area contributed by atoms with Crippen molar-refractivity contribution in [2.45, 2.75) is 18.4 Å². The zero-order valence-electron chi connectivity index (χ0n) is 5.92. The van der Waals surface area contributed by atoms with Gasteiger partial charge in [-0.25, -0.2) is 0 Å². The molecule has 0 saturated carbocycles. The third kappa shape index (κ3) is 2.44. The van der Waals surface area contributed by atoms with Crippen molar-refractivity contribution >= 4 is 38.9 Å². The Hall–Kier alpha value is 0.430. The summed E-state index contributed by atoms with van der Waals surface area (Å²) in [5.74, 6) is 0. The molecule has 62 valence electrons. The summed E-state index contributed by atoms with van der Waals surface area (Å²) in [6.07, 6.45) is -0.548. The number of halogens is 2. The van der Waals surface area contributed by atoms with Gasteiger partial charge in [0.1, 0.15) is 6.10 Å². The minimum absolute atomic E-state index is 0.236. The van der Waals surface area contributed by atoms with E-state index in [0.29, 0.717) is 0 Å². The van der Waals surface area contributed by atoms with E-state index in [4.69, 9.17) is 11.6 Å². The van der Waals surface area contributed by atoms with Crippen LogP contribution >= 0.6 is 38.9 Å². The zero-order chi connectivity index (χ0) is 8.43. The molecular weight excluding hydrogens is 248 g/mol. The van der Waals surface area contributed by atoms with Gasteiger partial charge in [-0.3, -0.25) is 0 Å². The number of hydrogen-bond donors (Lipinski definition) is 1. The Morgan fingerprint density at radius 3 is 2.64 bits per heavy atom. The van der Waals surface area contributed by atoms with Crippen LogP contribution in [0.5, 0.6) is 0 Å². The number of hydrogen-bond acceptors (Lipinski definition) is 2. The summed E-state index contributed by atoms with van der Waals surface area (Å²) in [6, 6.07) is 3.78. The number of aliphatic hydroxyl groups excluding tert-OH is 1. The van der Waals surface area contributed by atoms with E-state index in [2.05, 4.69) is 15.9 Å². The molecule has 4 heteroatoms. The molecule has 0 bridgehead atoms. The Morgan fingerprint density at radius 2 is 2.27 bits per heavy atom. The third-order valence-electron chi connectivity index (χ3n) is 1.32. The number of alkyl halides is 1. The molecule has 1 aromatic rings. The van der Waals surface area contributed by atoms with Crippen molar-refractivity contribution in [1.29, 1.82) is 0 Å². The van der Waals surface area contributed by atoms with E-state index < -0.39 is 6.10 Å². The van der Waals surface area contributed by atoms with Crippen molar-refractivity contribution in [2.75, 3.05) is 0 Å². The average Bonchev–Trinajstić information content (AvgIpc) is 2.34. The van der Waals surface area contributed by atoms with Gasteiger partial charge in [-0.05, 0) is 35.0 Å². The first-order chi connectivity index (χ1) is 5.11. The highest BCUT2D eigenvalue weighted by atomic mass is 79.9. The van der Waals surface area contributed by atoms with Crippen molar-refractivity contribution < 1.29 is 5.11 Å². The van der Waals surface area contributed by atoms with Gasteiger partial charge in [-0.1, -0.05) is 0 Å². The smallest absolute Gasteiger partial charge is 0.104 e. The van der Waals surface area contributed by atoms with Crippen molar-refractivity contribution in [3.63, 3.8) is 0 Å². The monoisotopic (exact) mass is 254 g/mol. The molecule has 0 aliphatic heterocycles.